The molecule has 3 atom stereocenters. The first-order valence-corrected chi connectivity index (χ1v) is 11.8. The predicted octanol–water partition coefficient (Wildman–Crippen LogP) is 5.42. The van der Waals surface area contributed by atoms with Gasteiger partial charge in [-0.1, -0.05) is 13.0 Å². The van der Waals surface area contributed by atoms with Gasteiger partial charge in [-0.25, -0.2) is 9.18 Å². The first kappa shape index (κ1) is 24.1. The summed E-state index contributed by atoms with van der Waals surface area (Å²) in [4.78, 5) is 20.1. The number of cyclic esters (lactones) is 1. The summed E-state index contributed by atoms with van der Waals surface area (Å²) in [6.45, 7) is 10.6. The van der Waals surface area contributed by atoms with Gasteiger partial charge in [-0.2, -0.15) is 0 Å². The van der Waals surface area contributed by atoms with Crippen molar-refractivity contribution < 1.29 is 18.7 Å². The van der Waals surface area contributed by atoms with Gasteiger partial charge in [-0.15, -0.1) is 0 Å². The van der Waals surface area contributed by atoms with E-state index in [4.69, 9.17) is 14.5 Å². The molecule has 0 radical (unpaired) electrons. The molecule has 0 N–H and O–H groups in total. The number of halogens is 1. The van der Waals surface area contributed by atoms with Gasteiger partial charge in [0.05, 0.1) is 12.6 Å². The van der Waals surface area contributed by atoms with Crippen LogP contribution in [0, 0.1) is 11.7 Å². The fraction of sp³-hybridized carbons (Fsp3) is 0.600. The number of nitrogens with zero attached hydrogens (tertiary/aromatic N) is 3. The topological polar surface area (TPSA) is 54.4 Å². The number of hydrogen-bond acceptors (Lipinski definition) is 5. The van der Waals surface area contributed by atoms with Gasteiger partial charge in [0.2, 0.25) is 0 Å². The number of ether oxygens (including phenoxy) is 2. The number of allylic oxidation sites excluding steroid dienone is 1. The molecule has 7 heteroatoms. The molecule has 2 fully saturated rings. The molecular weight excluding hydrogens is 409 g/mol. The molecule has 3 unspecified atom stereocenters. The van der Waals surface area contributed by atoms with Crippen molar-refractivity contribution in [3.63, 3.8) is 0 Å². The zero-order valence-electron chi connectivity index (χ0n) is 19.7. The summed E-state index contributed by atoms with van der Waals surface area (Å²) >= 11 is 0. The molecule has 32 heavy (non-hydrogen) atoms. The van der Waals surface area contributed by atoms with Crippen LogP contribution in [0.15, 0.2) is 35.5 Å². The van der Waals surface area contributed by atoms with Crippen molar-refractivity contribution in [1.29, 1.82) is 0 Å². The number of fused-ring (bicyclic) bond motifs is 1. The van der Waals surface area contributed by atoms with Gasteiger partial charge < -0.3 is 19.3 Å². The van der Waals surface area contributed by atoms with Crippen LogP contribution >= 0.6 is 0 Å². The zero-order chi connectivity index (χ0) is 23.1. The molecule has 0 saturated carbocycles. The number of anilines is 1. The van der Waals surface area contributed by atoms with Gasteiger partial charge in [0.25, 0.3) is 0 Å². The van der Waals surface area contributed by atoms with Crippen molar-refractivity contribution >= 4 is 17.5 Å². The molecule has 2 aliphatic rings. The van der Waals surface area contributed by atoms with Crippen LogP contribution in [0.5, 0.6) is 5.75 Å². The smallest absolute Gasteiger partial charge is 0.410 e. The lowest BCUT2D eigenvalue weighted by atomic mass is 9.89. The number of benzene rings is 1. The summed E-state index contributed by atoms with van der Waals surface area (Å²) in [7, 11) is 0. The minimum atomic E-state index is -0.295. The number of para-hydroxylation sites is 1. The first-order valence-electron chi connectivity index (χ1n) is 11.8. The Morgan fingerprint density at radius 3 is 3.00 bits per heavy atom. The number of rotatable bonds is 10. The molecule has 2 aliphatic heterocycles. The van der Waals surface area contributed by atoms with Crippen molar-refractivity contribution in [2.75, 3.05) is 31.2 Å². The monoisotopic (exact) mass is 445 g/mol. The summed E-state index contributed by atoms with van der Waals surface area (Å²) < 4.78 is 25.6. The second kappa shape index (κ2) is 11.3. The number of amides is 1. The number of carbonyl (C=O) groups excluding carboxylic acids is 1. The minimum Gasteiger partial charge on any atom is -0.492 e. The van der Waals surface area contributed by atoms with E-state index in [1.165, 1.54) is 6.07 Å². The summed E-state index contributed by atoms with van der Waals surface area (Å²) in [5, 5.41) is 0. The Bertz CT molecular complexity index is 842. The maximum absolute atomic E-state index is 14.8. The minimum absolute atomic E-state index is 0.108. The predicted molar refractivity (Wildman–Crippen MR) is 126 cm³/mol. The highest BCUT2D eigenvalue weighted by molar-refractivity contribution is 5.93. The third kappa shape index (κ3) is 5.81. The van der Waals surface area contributed by atoms with Crippen molar-refractivity contribution in [2.24, 2.45) is 10.9 Å². The van der Waals surface area contributed by atoms with Crippen LogP contribution in [0.4, 0.5) is 14.9 Å². The lowest BCUT2D eigenvalue weighted by Gasteiger charge is -2.32. The van der Waals surface area contributed by atoms with Crippen LogP contribution in [0.3, 0.4) is 0 Å². The Morgan fingerprint density at radius 1 is 1.44 bits per heavy atom. The second-order valence-electron chi connectivity index (χ2n) is 8.63. The highest BCUT2D eigenvalue weighted by atomic mass is 19.1. The number of piperidine rings is 1. The second-order valence-corrected chi connectivity index (χ2v) is 8.63. The van der Waals surface area contributed by atoms with Crippen LogP contribution in [-0.2, 0) is 4.74 Å². The van der Waals surface area contributed by atoms with Crippen molar-refractivity contribution in [1.82, 2.24) is 4.90 Å². The zero-order valence-corrected chi connectivity index (χ0v) is 19.7. The molecule has 6 nitrogen and oxygen atoms in total. The molecule has 0 spiro atoms. The van der Waals surface area contributed by atoms with E-state index in [9.17, 15) is 9.18 Å². The van der Waals surface area contributed by atoms with E-state index in [1.54, 1.807) is 12.1 Å². The fourth-order valence-electron chi connectivity index (χ4n) is 4.37. The van der Waals surface area contributed by atoms with E-state index in [-0.39, 0.29) is 24.0 Å². The number of aliphatic imine (C=N–C) groups is 1. The largest absolute Gasteiger partial charge is 0.492 e. The van der Waals surface area contributed by atoms with Gasteiger partial charge in [0, 0.05) is 31.0 Å². The molecule has 1 amide bonds. The van der Waals surface area contributed by atoms with Crippen LogP contribution in [0.25, 0.3) is 0 Å². The molecule has 2 heterocycles. The normalized spacial score (nSPS) is 22.1. The van der Waals surface area contributed by atoms with E-state index in [2.05, 4.69) is 13.8 Å². The average Bonchev–Trinajstić information content (AvgIpc) is 3.15. The fourth-order valence-corrected chi connectivity index (χ4v) is 4.37. The molecule has 0 aliphatic carbocycles. The molecule has 2 saturated heterocycles. The standard InChI is InChI=1S/C25H36FN3O3/c1-5-19(4)28(24-22(26)8-7-9-23(24)31-6-2)14-11-18(3)27-13-10-20-12-15-29-21(16-20)17-32-25(29)30/h7-9,11,14,19-21H,5-6,10,12-13,15-17H2,1-4H3. The molecular formula is C25H36FN3O3. The molecule has 3 rings (SSSR count). The van der Waals surface area contributed by atoms with E-state index >= 15 is 0 Å². The van der Waals surface area contributed by atoms with Crippen LogP contribution < -0.4 is 9.64 Å². The van der Waals surface area contributed by atoms with Crippen LogP contribution in [-0.4, -0.2) is 55.1 Å². The summed E-state index contributed by atoms with van der Waals surface area (Å²) in [5.41, 5.74) is 1.37. The Kier molecular flexibility index (Phi) is 8.53. The Hall–Kier alpha value is -2.57. The molecule has 1 aromatic carbocycles. The summed E-state index contributed by atoms with van der Waals surface area (Å²) in [5.74, 6) is 0.819. The summed E-state index contributed by atoms with van der Waals surface area (Å²) in [6, 6.07) is 5.29. The maximum Gasteiger partial charge on any atom is 0.410 e. The number of carbonyl (C=O) groups is 1. The third-order valence-corrected chi connectivity index (χ3v) is 6.41. The van der Waals surface area contributed by atoms with E-state index in [1.807, 2.05) is 35.9 Å². The Labute approximate surface area is 191 Å². The van der Waals surface area contributed by atoms with Gasteiger partial charge in [0.15, 0.2) is 5.82 Å². The van der Waals surface area contributed by atoms with Crippen molar-refractivity contribution in [3.05, 3.63) is 36.3 Å². The van der Waals surface area contributed by atoms with Gasteiger partial charge in [-0.05, 0) is 70.6 Å². The first-order chi connectivity index (χ1) is 15.4. The SMILES string of the molecule is CCOc1cccc(F)c1N(C=CC(C)=NCCC1CCN2C(=O)OCC2C1)C(C)CC. The highest BCUT2D eigenvalue weighted by Gasteiger charge is 2.37. The Balaban J connectivity index is 1.62. The average molecular weight is 446 g/mol. The molecule has 1 aromatic rings. The third-order valence-electron chi connectivity index (χ3n) is 6.41. The maximum atomic E-state index is 14.8. The van der Waals surface area contributed by atoms with E-state index in [0.717, 1.165) is 44.5 Å². The number of hydrogen-bond donors (Lipinski definition) is 0. The van der Waals surface area contributed by atoms with E-state index < -0.39 is 0 Å². The van der Waals surface area contributed by atoms with Gasteiger partial charge >= 0.3 is 6.09 Å². The van der Waals surface area contributed by atoms with Crippen LogP contribution in [0.2, 0.25) is 0 Å². The Morgan fingerprint density at radius 2 is 2.25 bits per heavy atom. The van der Waals surface area contributed by atoms with E-state index in [0.29, 0.717) is 30.6 Å². The van der Waals surface area contributed by atoms with Gasteiger partial charge in [0.1, 0.15) is 18.0 Å². The lowest BCUT2D eigenvalue weighted by Crippen LogP contribution is -2.41. The molecule has 176 valence electrons. The highest BCUT2D eigenvalue weighted by Crippen LogP contribution is 2.34. The summed E-state index contributed by atoms with van der Waals surface area (Å²) in [6.07, 6.45) is 7.55. The van der Waals surface area contributed by atoms with Crippen molar-refractivity contribution in [3.8, 4) is 5.75 Å². The van der Waals surface area contributed by atoms with Crippen LogP contribution in [0.1, 0.15) is 53.4 Å². The molecule has 0 bridgehead atoms. The van der Waals surface area contributed by atoms with Gasteiger partial charge in [-0.3, -0.25) is 4.99 Å². The lowest BCUT2D eigenvalue weighted by molar-refractivity contribution is 0.145. The molecule has 0 aromatic heterocycles. The quantitative estimate of drug-likeness (QED) is 0.451. The van der Waals surface area contributed by atoms with Crippen molar-refractivity contribution in [2.45, 2.75) is 65.5 Å².